The predicted octanol–water partition coefficient (Wildman–Crippen LogP) is 4.08. The van der Waals surface area contributed by atoms with Gasteiger partial charge >= 0.3 is 0 Å². The van der Waals surface area contributed by atoms with Crippen LogP contribution in [-0.4, -0.2) is 5.91 Å². The molecule has 0 radical (unpaired) electrons. The zero-order valence-corrected chi connectivity index (χ0v) is 12.7. The Balaban J connectivity index is 2.13. The molecule has 1 N–H and O–H groups in total. The van der Waals surface area contributed by atoms with Gasteiger partial charge in [0.05, 0.1) is 5.56 Å². The van der Waals surface area contributed by atoms with Gasteiger partial charge in [-0.2, -0.15) is 0 Å². The summed E-state index contributed by atoms with van der Waals surface area (Å²) in [5, 5.41) is 2.76. The van der Waals surface area contributed by atoms with E-state index in [0.29, 0.717) is 11.0 Å². The zero-order valence-electron chi connectivity index (χ0n) is 11.1. The highest BCUT2D eigenvalue weighted by Crippen LogP contribution is 2.19. The summed E-state index contributed by atoms with van der Waals surface area (Å²) in [4.78, 5) is 12.1. The van der Waals surface area contributed by atoms with Gasteiger partial charge in [0.2, 0.25) is 0 Å². The Kier molecular flexibility index (Phi) is 4.90. The van der Waals surface area contributed by atoms with E-state index in [1.54, 1.807) is 12.1 Å². The second-order valence-corrected chi connectivity index (χ2v) is 5.26. The van der Waals surface area contributed by atoms with Gasteiger partial charge in [0, 0.05) is 11.0 Å². The molecule has 0 aliphatic carbocycles. The zero-order chi connectivity index (χ0) is 14.5. The molecule has 20 heavy (non-hydrogen) atoms. The van der Waals surface area contributed by atoms with Gasteiger partial charge in [-0.05, 0) is 45.6 Å². The molecular formula is C16H15BrFNO. The second-order valence-electron chi connectivity index (χ2n) is 4.40. The lowest BCUT2D eigenvalue weighted by molar-refractivity contribution is 0.0946. The van der Waals surface area contributed by atoms with E-state index in [9.17, 15) is 9.18 Å². The van der Waals surface area contributed by atoms with E-state index in [1.807, 2.05) is 24.3 Å². The lowest BCUT2D eigenvalue weighted by Gasteiger charge is -2.10. The number of rotatable bonds is 4. The van der Waals surface area contributed by atoms with Crippen LogP contribution in [0.1, 0.15) is 28.4 Å². The summed E-state index contributed by atoms with van der Waals surface area (Å²) >= 11 is 3.20. The highest BCUT2D eigenvalue weighted by molar-refractivity contribution is 9.10. The van der Waals surface area contributed by atoms with Gasteiger partial charge in [-0.25, -0.2) is 4.39 Å². The quantitative estimate of drug-likeness (QED) is 0.896. The number of carbonyl (C=O) groups is 1. The molecule has 2 rings (SSSR count). The first kappa shape index (κ1) is 14.7. The minimum absolute atomic E-state index is 0.0430. The van der Waals surface area contributed by atoms with Gasteiger partial charge in [-0.1, -0.05) is 37.3 Å². The van der Waals surface area contributed by atoms with Crippen molar-refractivity contribution in [2.75, 3.05) is 0 Å². The molecule has 0 unspecified atom stereocenters. The van der Waals surface area contributed by atoms with E-state index in [2.05, 4.69) is 28.2 Å². The third-order valence-corrected chi connectivity index (χ3v) is 3.79. The molecule has 0 aromatic heterocycles. The average Bonchev–Trinajstić information content (AvgIpc) is 2.45. The summed E-state index contributed by atoms with van der Waals surface area (Å²) < 4.78 is 14.1. The second kappa shape index (κ2) is 6.66. The molecule has 0 bridgehead atoms. The Hall–Kier alpha value is -1.68. The van der Waals surface area contributed by atoms with E-state index >= 15 is 0 Å². The number of hydrogen-bond acceptors (Lipinski definition) is 1. The molecule has 0 spiro atoms. The fourth-order valence-corrected chi connectivity index (χ4v) is 2.58. The van der Waals surface area contributed by atoms with Crippen LogP contribution in [0.15, 0.2) is 46.9 Å². The summed E-state index contributed by atoms with van der Waals surface area (Å²) in [6.45, 7) is 2.46. The summed E-state index contributed by atoms with van der Waals surface area (Å²) in [6, 6.07) is 12.4. The van der Waals surface area contributed by atoms with Gasteiger partial charge < -0.3 is 5.32 Å². The molecule has 2 nitrogen and oxygen atoms in total. The van der Waals surface area contributed by atoms with Gasteiger partial charge in [-0.15, -0.1) is 0 Å². The van der Waals surface area contributed by atoms with Crippen molar-refractivity contribution in [2.24, 2.45) is 0 Å². The van der Waals surface area contributed by atoms with Crippen LogP contribution in [0.5, 0.6) is 0 Å². The van der Waals surface area contributed by atoms with Gasteiger partial charge in [0.1, 0.15) is 5.82 Å². The summed E-state index contributed by atoms with van der Waals surface area (Å²) in [5.74, 6) is -0.943. The van der Waals surface area contributed by atoms with Crippen LogP contribution in [-0.2, 0) is 13.0 Å². The van der Waals surface area contributed by atoms with E-state index in [-0.39, 0.29) is 5.56 Å². The van der Waals surface area contributed by atoms with Crippen LogP contribution in [0, 0.1) is 5.82 Å². The van der Waals surface area contributed by atoms with Crippen molar-refractivity contribution in [1.82, 2.24) is 5.32 Å². The molecule has 0 fully saturated rings. The van der Waals surface area contributed by atoms with Crippen LogP contribution in [0.2, 0.25) is 0 Å². The number of nitrogens with one attached hydrogen (secondary N) is 1. The monoisotopic (exact) mass is 335 g/mol. The fourth-order valence-electron chi connectivity index (χ4n) is 2.05. The van der Waals surface area contributed by atoms with Gasteiger partial charge in [-0.3, -0.25) is 4.79 Å². The first-order chi connectivity index (χ1) is 9.63. The maximum absolute atomic E-state index is 13.7. The van der Waals surface area contributed by atoms with E-state index < -0.39 is 11.7 Å². The normalized spacial score (nSPS) is 10.3. The third kappa shape index (κ3) is 3.25. The summed E-state index contributed by atoms with van der Waals surface area (Å²) in [7, 11) is 0. The lowest BCUT2D eigenvalue weighted by Crippen LogP contribution is -2.24. The number of halogens is 2. The van der Waals surface area contributed by atoms with Crippen LogP contribution in [0.25, 0.3) is 0 Å². The molecule has 2 aromatic carbocycles. The number of carbonyl (C=O) groups excluding carboxylic acids is 1. The van der Waals surface area contributed by atoms with Crippen molar-refractivity contribution < 1.29 is 9.18 Å². The Morgan fingerprint density at radius 2 is 1.85 bits per heavy atom. The maximum Gasteiger partial charge on any atom is 0.255 e. The average molecular weight is 336 g/mol. The molecule has 0 heterocycles. The molecule has 1 amide bonds. The van der Waals surface area contributed by atoms with Crippen molar-refractivity contribution in [3.8, 4) is 0 Å². The van der Waals surface area contributed by atoms with Crippen molar-refractivity contribution in [1.29, 1.82) is 0 Å². The van der Waals surface area contributed by atoms with Gasteiger partial charge in [0.15, 0.2) is 0 Å². The van der Waals surface area contributed by atoms with Crippen LogP contribution >= 0.6 is 15.9 Å². The number of hydrogen-bond donors (Lipinski definition) is 1. The fraction of sp³-hybridized carbons (Fsp3) is 0.188. The number of benzene rings is 2. The Morgan fingerprint density at radius 3 is 2.50 bits per heavy atom. The first-order valence-corrected chi connectivity index (χ1v) is 7.21. The Labute approximate surface area is 126 Å². The Bertz CT molecular complexity index is 607. The lowest BCUT2D eigenvalue weighted by atomic mass is 10.1. The molecule has 0 aliphatic heterocycles. The van der Waals surface area contributed by atoms with Crippen molar-refractivity contribution in [3.05, 3.63) is 69.4 Å². The standard InChI is InChI=1S/C16H15BrFNO/c1-2-11-6-3-4-7-12(11)10-19-16(20)15-13(17)8-5-9-14(15)18/h3-9H,2,10H2,1H3,(H,19,20). The van der Waals surface area contributed by atoms with Crippen molar-refractivity contribution >= 4 is 21.8 Å². The van der Waals surface area contributed by atoms with Crippen molar-refractivity contribution in [3.63, 3.8) is 0 Å². The third-order valence-electron chi connectivity index (χ3n) is 3.13. The van der Waals surface area contributed by atoms with E-state index in [0.717, 1.165) is 12.0 Å². The van der Waals surface area contributed by atoms with Gasteiger partial charge in [0.25, 0.3) is 5.91 Å². The topological polar surface area (TPSA) is 29.1 Å². The number of amides is 1. The molecule has 0 atom stereocenters. The number of aryl methyl sites for hydroxylation is 1. The predicted molar refractivity (Wildman–Crippen MR) is 81.1 cm³/mol. The van der Waals surface area contributed by atoms with Crippen LogP contribution in [0.4, 0.5) is 4.39 Å². The summed E-state index contributed by atoms with van der Waals surface area (Å²) in [5.41, 5.74) is 2.28. The highest BCUT2D eigenvalue weighted by Gasteiger charge is 2.15. The minimum Gasteiger partial charge on any atom is -0.348 e. The molecule has 0 saturated carbocycles. The van der Waals surface area contributed by atoms with Crippen LogP contribution < -0.4 is 5.32 Å². The molecule has 0 aliphatic rings. The first-order valence-electron chi connectivity index (χ1n) is 6.42. The molecule has 0 saturated heterocycles. The molecular weight excluding hydrogens is 321 g/mol. The van der Waals surface area contributed by atoms with E-state index in [1.165, 1.54) is 11.6 Å². The largest absolute Gasteiger partial charge is 0.348 e. The van der Waals surface area contributed by atoms with Crippen LogP contribution in [0.3, 0.4) is 0 Å². The minimum atomic E-state index is -0.527. The smallest absolute Gasteiger partial charge is 0.255 e. The molecule has 104 valence electrons. The molecule has 4 heteroatoms. The maximum atomic E-state index is 13.7. The SMILES string of the molecule is CCc1ccccc1CNC(=O)c1c(F)cccc1Br. The van der Waals surface area contributed by atoms with E-state index in [4.69, 9.17) is 0 Å². The Morgan fingerprint density at radius 1 is 1.15 bits per heavy atom. The molecule has 2 aromatic rings. The highest BCUT2D eigenvalue weighted by atomic mass is 79.9. The summed E-state index contributed by atoms with van der Waals surface area (Å²) in [6.07, 6.45) is 0.898. The van der Waals surface area contributed by atoms with Crippen molar-refractivity contribution in [2.45, 2.75) is 19.9 Å².